The molecule has 0 saturated carbocycles. The fourth-order valence-electron chi connectivity index (χ4n) is 4.53. The molecule has 4 rings (SSSR count). The number of nitrogens with one attached hydrogen (secondary N) is 2. The predicted molar refractivity (Wildman–Crippen MR) is 160 cm³/mol. The van der Waals surface area contributed by atoms with Crippen LogP contribution in [-0.4, -0.2) is 66.9 Å². The first kappa shape index (κ1) is 31.2. The molecule has 222 valence electrons. The number of aliphatic carboxylic acids is 1. The molecule has 1 atom stereocenters. The number of benzene rings is 2. The molecule has 1 saturated heterocycles. The van der Waals surface area contributed by atoms with Crippen molar-refractivity contribution < 1.29 is 27.9 Å². The third kappa shape index (κ3) is 7.19. The summed E-state index contributed by atoms with van der Waals surface area (Å²) in [4.78, 5) is 42.7. The molecule has 0 aliphatic carbocycles. The van der Waals surface area contributed by atoms with Gasteiger partial charge in [-0.15, -0.1) is 0 Å². The number of amides is 3. The van der Waals surface area contributed by atoms with E-state index in [9.17, 15) is 27.9 Å². The second-order valence-corrected chi connectivity index (χ2v) is 12.4. The monoisotopic (exact) mass is 633 g/mol. The van der Waals surface area contributed by atoms with E-state index in [1.165, 1.54) is 35.9 Å². The number of urea groups is 1. The number of para-hydroxylation sites is 1. The maximum Gasteiger partial charge on any atom is 0.326 e. The average molecular weight is 635 g/mol. The second kappa shape index (κ2) is 13.5. The standard InChI is InChI=1S/C28H29Cl2N5O6S/c1-34(23-7-3-4-8-24(23)42(40,41)35-13-5-2-6-14-35)28(39)33-22(27(37)38)15-18-9-11-19(12-10-18)32-26(36)25-20(29)16-31-17-21(25)30/h3-4,7-12,16-17,22H,2,5-6,13-15H2,1H3,(H,32,36)(H,33,39)(H,37,38). The number of halogens is 2. The van der Waals surface area contributed by atoms with Crippen molar-refractivity contribution in [1.82, 2.24) is 14.6 Å². The van der Waals surface area contributed by atoms with Crippen LogP contribution in [0.4, 0.5) is 16.2 Å². The summed E-state index contributed by atoms with van der Waals surface area (Å²) in [6.45, 7) is 0.808. The van der Waals surface area contributed by atoms with Crippen molar-refractivity contribution in [3.8, 4) is 0 Å². The fourth-order valence-corrected chi connectivity index (χ4v) is 6.81. The second-order valence-electron chi connectivity index (χ2n) is 9.67. The van der Waals surface area contributed by atoms with E-state index in [4.69, 9.17) is 23.2 Å². The predicted octanol–water partition coefficient (Wildman–Crippen LogP) is 4.66. The Kier molecular flexibility index (Phi) is 10.0. The first-order valence-corrected chi connectivity index (χ1v) is 15.2. The van der Waals surface area contributed by atoms with Gasteiger partial charge in [0.15, 0.2) is 0 Å². The molecule has 0 radical (unpaired) electrons. The van der Waals surface area contributed by atoms with Gasteiger partial charge < -0.3 is 15.7 Å². The Balaban J connectivity index is 1.44. The summed E-state index contributed by atoms with van der Waals surface area (Å²) < 4.78 is 28.1. The fraction of sp³-hybridized carbons (Fsp3) is 0.286. The van der Waals surface area contributed by atoms with Gasteiger partial charge in [-0.2, -0.15) is 4.31 Å². The van der Waals surface area contributed by atoms with Gasteiger partial charge in [0, 0.05) is 44.6 Å². The smallest absolute Gasteiger partial charge is 0.326 e. The number of anilines is 2. The number of nitrogens with zero attached hydrogens (tertiary/aromatic N) is 3. The lowest BCUT2D eigenvalue weighted by Gasteiger charge is -2.28. The number of aromatic nitrogens is 1. The van der Waals surface area contributed by atoms with Crippen molar-refractivity contribution in [2.24, 2.45) is 0 Å². The molecule has 0 spiro atoms. The molecule has 42 heavy (non-hydrogen) atoms. The number of carbonyl (C=O) groups is 3. The van der Waals surface area contributed by atoms with E-state index in [1.54, 1.807) is 36.4 Å². The van der Waals surface area contributed by atoms with Crippen molar-refractivity contribution in [1.29, 1.82) is 0 Å². The maximum atomic E-state index is 13.3. The highest BCUT2D eigenvalue weighted by atomic mass is 35.5. The Hall–Kier alpha value is -3.71. The van der Waals surface area contributed by atoms with Crippen LogP contribution < -0.4 is 15.5 Å². The Morgan fingerprint density at radius 2 is 1.62 bits per heavy atom. The summed E-state index contributed by atoms with van der Waals surface area (Å²) in [6.07, 6.45) is 5.01. The van der Waals surface area contributed by atoms with Crippen molar-refractivity contribution in [2.75, 3.05) is 30.4 Å². The SMILES string of the molecule is CN(C(=O)NC(Cc1ccc(NC(=O)c2c(Cl)cncc2Cl)cc1)C(=O)O)c1ccccc1S(=O)(=O)N1CCCCC1. The van der Waals surface area contributed by atoms with E-state index in [0.29, 0.717) is 24.3 Å². The first-order valence-electron chi connectivity index (χ1n) is 13.0. The molecule has 3 N–H and O–H groups in total. The zero-order chi connectivity index (χ0) is 30.4. The quantitative estimate of drug-likeness (QED) is 0.310. The minimum absolute atomic E-state index is 0.0246. The summed E-state index contributed by atoms with van der Waals surface area (Å²) in [5, 5.41) is 15.1. The van der Waals surface area contributed by atoms with E-state index >= 15 is 0 Å². The van der Waals surface area contributed by atoms with Gasteiger partial charge in [-0.1, -0.05) is 53.9 Å². The van der Waals surface area contributed by atoms with E-state index < -0.39 is 34.0 Å². The first-order chi connectivity index (χ1) is 20.0. The summed E-state index contributed by atoms with van der Waals surface area (Å²) in [5.74, 6) is -1.81. The molecule has 2 aromatic carbocycles. The molecule has 2 heterocycles. The number of carboxylic acid groups (broad SMARTS) is 1. The van der Waals surface area contributed by atoms with E-state index in [0.717, 1.165) is 24.2 Å². The van der Waals surface area contributed by atoms with Gasteiger partial charge in [0.2, 0.25) is 10.0 Å². The van der Waals surface area contributed by atoms with Gasteiger partial charge in [0.25, 0.3) is 5.91 Å². The minimum Gasteiger partial charge on any atom is -0.480 e. The number of rotatable bonds is 9. The highest BCUT2D eigenvalue weighted by Gasteiger charge is 2.31. The molecule has 1 aliphatic rings. The van der Waals surface area contributed by atoms with Gasteiger partial charge in [-0.25, -0.2) is 18.0 Å². The Labute approximate surface area is 253 Å². The van der Waals surface area contributed by atoms with Crippen LogP contribution in [0.25, 0.3) is 0 Å². The summed E-state index contributed by atoms with van der Waals surface area (Å²) in [5.41, 5.74) is 1.19. The number of carboxylic acids is 1. The summed E-state index contributed by atoms with van der Waals surface area (Å²) >= 11 is 12.1. The number of pyridine rings is 1. The van der Waals surface area contributed by atoms with Crippen LogP contribution in [-0.2, 0) is 21.2 Å². The average Bonchev–Trinajstić information content (AvgIpc) is 2.97. The van der Waals surface area contributed by atoms with Crippen LogP contribution >= 0.6 is 23.2 Å². The van der Waals surface area contributed by atoms with Crippen LogP contribution in [0.15, 0.2) is 65.8 Å². The van der Waals surface area contributed by atoms with Crippen LogP contribution in [0.3, 0.4) is 0 Å². The number of hydrogen-bond donors (Lipinski definition) is 3. The largest absolute Gasteiger partial charge is 0.480 e. The third-order valence-electron chi connectivity index (χ3n) is 6.79. The van der Waals surface area contributed by atoms with Crippen LogP contribution in [0.1, 0.15) is 35.2 Å². The highest BCUT2D eigenvalue weighted by molar-refractivity contribution is 7.89. The lowest BCUT2D eigenvalue weighted by molar-refractivity contribution is -0.139. The molecular formula is C28H29Cl2N5O6S. The molecule has 1 unspecified atom stereocenters. The summed E-state index contributed by atoms with van der Waals surface area (Å²) in [7, 11) is -2.47. The molecule has 1 fully saturated rings. The Morgan fingerprint density at radius 1 is 1.00 bits per heavy atom. The van der Waals surface area contributed by atoms with Crippen molar-refractivity contribution in [2.45, 2.75) is 36.6 Å². The normalized spacial score (nSPS) is 14.5. The topological polar surface area (TPSA) is 149 Å². The molecule has 0 bridgehead atoms. The zero-order valence-corrected chi connectivity index (χ0v) is 24.9. The Morgan fingerprint density at radius 3 is 2.24 bits per heavy atom. The van der Waals surface area contributed by atoms with Crippen molar-refractivity contribution in [3.05, 3.63) is 82.1 Å². The lowest BCUT2D eigenvalue weighted by Crippen LogP contribution is -2.48. The van der Waals surface area contributed by atoms with Gasteiger partial charge in [-0.3, -0.25) is 14.7 Å². The minimum atomic E-state index is -3.85. The van der Waals surface area contributed by atoms with E-state index in [-0.39, 0.29) is 32.6 Å². The highest BCUT2D eigenvalue weighted by Crippen LogP contribution is 2.29. The van der Waals surface area contributed by atoms with Gasteiger partial charge in [-0.05, 0) is 42.7 Å². The summed E-state index contributed by atoms with van der Waals surface area (Å²) in [6, 6.07) is 10.4. The molecule has 1 aromatic heterocycles. The number of sulfonamides is 1. The number of hydrogen-bond acceptors (Lipinski definition) is 6. The number of piperidine rings is 1. The van der Waals surface area contributed by atoms with Crippen LogP contribution in [0.2, 0.25) is 10.0 Å². The van der Waals surface area contributed by atoms with Crippen molar-refractivity contribution >= 4 is 62.5 Å². The van der Waals surface area contributed by atoms with Crippen LogP contribution in [0, 0.1) is 0 Å². The molecule has 11 nitrogen and oxygen atoms in total. The van der Waals surface area contributed by atoms with Crippen molar-refractivity contribution in [3.63, 3.8) is 0 Å². The van der Waals surface area contributed by atoms with E-state index in [1.807, 2.05) is 0 Å². The molecule has 3 aromatic rings. The van der Waals surface area contributed by atoms with E-state index in [2.05, 4.69) is 15.6 Å². The third-order valence-corrected chi connectivity index (χ3v) is 9.31. The molecule has 14 heteroatoms. The molecule has 1 aliphatic heterocycles. The lowest BCUT2D eigenvalue weighted by atomic mass is 10.1. The molecular weight excluding hydrogens is 605 g/mol. The van der Waals surface area contributed by atoms with Crippen LogP contribution in [0.5, 0.6) is 0 Å². The van der Waals surface area contributed by atoms with Gasteiger partial charge in [0.05, 0.1) is 21.3 Å². The van der Waals surface area contributed by atoms with Gasteiger partial charge in [0.1, 0.15) is 10.9 Å². The number of carbonyl (C=O) groups excluding carboxylic acids is 2. The zero-order valence-electron chi connectivity index (χ0n) is 22.6. The van der Waals surface area contributed by atoms with Gasteiger partial charge >= 0.3 is 12.0 Å². The molecule has 3 amide bonds. The Bertz CT molecular complexity index is 1560. The maximum absolute atomic E-state index is 13.3.